The predicted octanol–water partition coefficient (Wildman–Crippen LogP) is 19.4. The van der Waals surface area contributed by atoms with Crippen LogP contribution in [-0.2, 0) is 44.9 Å². The van der Waals surface area contributed by atoms with Gasteiger partial charge in [-0.3, -0.25) is 20.2 Å². The topological polar surface area (TPSA) is 86.3 Å². The Morgan fingerprint density at radius 1 is 0.333 bits per heavy atom. The average molecular weight is 915 g/mol. The van der Waals surface area contributed by atoms with Gasteiger partial charge in [-0.15, -0.1) is 0 Å². The van der Waals surface area contributed by atoms with Crippen molar-refractivity contribution in [1.82, 2.24) is 0 Å². The van der Waals surface area contributed by atoms with Crippen molar-refractivity contribution in [1.29, 1.82) is 0 Å². The lowest BCUT2D eigenvalue weighted by molar-refractivity contribution is -0.385. The van der Waals surface area contributed by atoms with Crippen LogP contribution >= 0.6 is 0 Å². The van der Waals surface area contributed by atoms with Gasteiger partial charge in [0.2, 0.25) is 0 Å². The van der Waals surface area contributed by atoms with Crippen LogP contribution in [0.1, 0.15) is 189 Å². The van der Waals surface area contributed by atoms with E-state index in [1.54, 1.807) is 26.0 Å². The minimum Gasteiger partial charge on any atom is -0.258 e. The zero-order valence-electron chi connectivity index (χ0n) is 39.4. The highest BCUT2D eigenvalue weighted by Gasteiger charge is 2.13. The summed E-state index contributed by atoms with van der Waals surface area (Å²) in [6.07, 6.45) is 7.43. The number of rotatable bonds is 9. The van der Waals surface area contributed by atoms with Crippen LogP contribution in [0.3, 0.4) is 0 Å². The zero-order chi connectivity index (χ0) is 45.0. The quantitative estimate of drug-likeness (QED) is 0.109. The van der Waals surface area contributed by atoms with Crippen molar-refractivity contribution in [2.24, 2.45) is 0 Å². The lowest BCUT2D eigenvalue weighted by Gasteiger charge is -2.06. The summed E-state index contributed by atoms with van der Waals surface area (Å²) in [6.45, 7) is 33.3. The van der Waals surface area contributed by atoms with Crippen molar-refractivity contribution in [2.75, 3.05) is 0 Å². The standard InChI is InChI=1S/3C11H16.2C10H13NO2.7CH4/c1-5-11-6-8(2)10(4)9(3)7-11;1-4-10-7-6-9(3)11(5-2)8-10;1-4-10-7-6-9(3)8-11(10)5-2;1-4-9-5-7(2)8(3)10(6-9)11(12)13;1-4-9-6-10(11(12)13)8(3)5-7(9)2;;;;;;;/h6-7H,5H2,1-4H3;2*6-8H,4-5H2,1-3H3;2*5-6H,4H2,1-3H3;7*1H4. The highest BCUT2D eigenvalue weighted by molar-refractivity contribution is 5.48. The maximum absolute atomic E-state index is 10.6. The van der Waals surface area contributed by atoms with Gasteiger partial charge in [-0.25, -0.2) is 0 Å². The molecule has 6 heteroatoms. The molecule has 5 aromatic carbocycles. The summed E-state index contributed by atoms with van der Waals surface area (Å²) in [6, 6.07) is 25.2. The minimum atomic E-state index is -0.325. The van der Waals surface area contributed by atoms with Crippen LogP contribution in [0.5, 0.6) is 0 Å². The number of hydrogen-bond donors (Lipinski definition) is 0. The summed E-state index contributed by atoms with van der Waals surface area (Å²) in [5.74, 6) is 0. The third-order valence-corrected chi connectivity index (χ3v) is 11.3. The number of nitrogens with zero attached hydrogens (tertiary/aromatic N) is 2. The Hall–Kier alpha value is -5.10. The SMILES string of the molecule is C.C.C.C.C.C.C.CCc1cc(C)c(C)c(C)c1.CCc1cc(C)c(C)c([N+](=O)[O-])c1.CCc1cc([N+](=O)[O-])c(C)cc1C.CCc1ccc(C)c(CC)c1.CCc1ccc(C)cc1CC. The Bertz CT molecular complexity index is 2110. The van der Waals surface area contributed by atoms with Crippen molar-refractivity contribution in [3.05, 3.63) is 182 Å². The summed E-state index contributed by atoms with van der Waals surface area (Å²) in [5, 5.41) is 21.3. The van der Waals surface area contributed by atoms with Gasteiger partial charge in [0.15, 0.2) is 0 Å². The summed E-state index contributed by atoms with van der Waals surface area (Å²) >= 11 is 0. The largest absolute Gasteiger partial charge is 0.272 e. The molecule has 376 valence electrons. The molecule has 0 unspecified atom stereocenters. The zero-order valence-corrected chi connectivity index (χ0v) is 39.4. The predicted molar refractivity (Wildman–Crippen MR) is 301 cm³/mol. The number of nitro benzene ring substituents is 2. The Balaban J connectivity index is -0.000000129. The van der Waals surface area contributed by atoms with Crippen LogP contribution < -0.4 is 0 Å². The van der Waals surface area contributed by atoms with Crippen LogP contribution in [0.4, 0.5) is 11.4 Å². The van der Waals surface area contributed by atoms with Gasteiger partial charge in [0, 0.05) is 23.3 Å². The number of benzene rings is 5. The lowest BCUT2D eigenvalue weighted by Crippen LogP contribution is -1.96. The molecule has 0 saturated carbocycles. The third kappa shape index (κ3) is 23.9. The molecule has 5 aromatic rings. The molecule has 0 heterocycles. The van der Waals surface area contributed by atoms with E-state index >= 15 is 0 Å². The minimum absolute atomic E-state index is 0. The summed E-state index contributed by atoms with van der Waals surface area (Å²) in [5.41, 5.74) is 20.6. The number of aryl methyl sites for hydroxylation is 14. The van der Waals surface area contributed by atoms with Crippen LogP contribution in [0, 0.1) is 82.5 Å². The number of hydrogen-bond acceptors (Lipinski definition) is 4. The monoisotopic (exact) mass is 915 g/mol. The molecule has 66 heavy (non-hydrogen) atoms. The smallest absolute Gasteiger partial charge is 0.258 e. The van der Waals surface area contributed by atoms with Gasteiger partial charge in [0.25, 0.3) is 11.4 Å². The fourth-order valence-electron chi connectivity index (χ4n) is 6.85. The van der Waals surface area contributed by atoms with E-state index in [0.717, 1.165) is 78.3 Å². The number of nitro groups is 2. The van der Waals surface area contributed by atoms with Gasteiger partial charge >= 0.3 is 0 Å². The van der Waals surface area contributed by atoms with Gasteiger partial charge in [-0.05, 0) is 186 Å². The van der Waals surface area contributed by atoms with Gasteiger partial charge < -0.3 is 0 Å². The van der Waals surface area contributed by atoms with Crippen molar-refractivity contribution in [3.8, 4) is 0 Å². The van der Waals surface area contributed by atoms with Crippen molar-refractivity contribution >= 4 is 11.4 Å². The second-order valence-corrected chi connectivity index (χ2v) is 15.5. The first-order valence-corrected chi connectivity index (χ1v) is 21.5. The van der Waals surface area contributed by atoms with Crippen LogP contribution in [-0.4, -0.2) is 9.85 Å². The first-order valence-electron chi connectivity index (χ1n) is 21.5. The van der Waals surface area contributed by atoms with E-state index in [1.165, 1.54) is 55.6 Å². The lowest BCUT2D eigenvalue weighted by atomic mass is 10.00. The molecule has 0 atom stereocenters. The summed E-state index contributed by atoms with van der Waals surface area (Å²) in [4.78, 5) is 20.6. The van der Waals surface area contributed by atoms with E-state index in [2.05, 4.69) is 118 Å². The van der Waals surface area contributed by atoms with E-state index in [1.807, 2.05) is 39.8 Å². The molecule has 0 aromatic heterocycles. The first-order chi connectivity index (χ1) is 27.8. The Labute approximate surface area is 409 Å². The molecule has 0 spiro atoms. The molecular formula is C60H102N2O4. The molecular weight excluding hydrogens is 813 g/mol. The average Bonchev–Trinajstić information content (AvgIpc) is 3.21. The van der Waals surface area contributed by atoms with Crippen molar-refractivity contribution < 1.29 is 9.85 Å². The Kier molecular flexibility index (Phi) is 43.4. The van der Waals surface area contributed by atoms with Gasteiger partial charge in [0.1, 0.15) is 0 Å². The molecule has 6 nitrogen and oxygen atoms in total. The third-order valence-electron chi connectivity index (χ3n) is 11.3. The normalized spacial score (nSPS) is 9.03. The molecule has 0 aliphatic heterocycles. The Morgan fingerprint density at radius 2 is 0.742 bits per heavy atom. The second-order valence-electron chi connectivity index (χ2n) is 15.5. The van der Waals surface area contributed by atoms with Gasteiger partial charge in [0.05, 0.1) is 9.85 Å². The maximum atomic E-state index is 10.6. The highest BCUT2D eigenvalue weighted by atomic mass is 16.6. The van der Waals surface area contributed by atoms with Crippen molar-refractivity contribution in [2.45, 2.75) is 208 Å². The van der Waals surface area contributed by atoms with Gasteiger partial charge in [-0.1, -0.05) is 161 Å². The molecule has 0 bridgehead atoms. The molecule has 0 aliphatic carbocycles. The van der Waals surface area contributed by atoms with E-state index in [0.29, 0.717) is 0 Å². The van der Waals surface area contributed by atoms with Crippen LogP contribution in [0.25, 0.3) is 0 Å². The first kappa shape index (κ1) is 75.2. The molecule has 0 radical (unpaired) electrons. The summed E-state index contributed by atoms with van der Waals surface area (Å²) < 4.78 is 0. The summed E-state index contributed by atoms with van der Waals surface area (Å²) in [7, 11) is 0. The molecule has 0 aliphatic rings. The molecule has 0 saturated heterocycles. The second kappa shape index (κ2) is 38.1. The Morgan fingerprint density at radius 3 is 1.15 bits per heavy atom. The fraction of sp³-hybridized carbons (Fsp3) is 0.500. The van der Waals surface area contributed by atoms with E-state index in [4.69, 9.17) is 0 Å². The highest BCUT2D eigenvalue weighted by Crippen LogP contribution is 2.24. The molecule has 5 rings (SSSR count). The van der Waals surface area contributed by atoms with Gasteiger partial charge in [-0.2, -0.15) is 0 Å². The van der Waals surface area contributed by atoms with E-state index < -0.39 is 0 Å². The van der Waals surface area contributed by atoms with Crippen molar-refractivity contribution in [3.63, 3.8) is 0 Å². The molecule has 0 amide bonds. The van der Waals surface area contributed by atoms with E-state index in [9.17, 15) is 20.2 Å². The molecule has 0 N–H and O–H groups in total. The van der Waals surface area contributed by atoms with Crippen LogP contribution in [0.2, 0.25) is 0 Å². The maximum Gasteiger partial charge on any atom is 0.272 e. The van der Waals surface area contributed by atoms with E-state index in [-0.39, 0.29) is 73.2 Å². The fourth-order valence-corrected chi connectivity index (χ4v) is 6.85. The van der Waals surface area contributed by atoms with Crippen LogP contribution in [0.15, 0.2) is 72.8 Å². The molecule has 0 fully saturated rings.